The summed E-state index contributed by atoms with van der Waals surface area (Å²) >= 11 is 0. The number of pyridine rings is 1. The third-order valence-corrected chi connectivity index (χ3v) is 3.29. The SMILES string of the molecule is CS(=O)(=O)c1cccnc1NCCCOCCO. The second-order valence-electron chi connectivity index (χ2n) is 3.74. The third-order valence-electron chi connectivity index (χ3n) is 2.16. The average molecular weight is 274 g/mol. The van der Waals surface area contributed by atoms with E-state index in [0.29, 0.717) is 32.0 Å². The first-order valence-corrected chi connectivity index (χ1v) is 7.52. The van der Waals surface area contributed by atoms with Crippen molar-refractivity contribution in [1.29, 1.82) is 0 Å². The van der Waals surface area contributed by atoms with E-state index in [-0.39, 0.29) is 11.5 Å². The van der Waals surface area contributed by atoms with Crippen molar-refractivity contribution >= 4 is 15.7 Å². The van der Waals surface area contributed by atoms with E-state index in [2.05, 4.69) is 10.3 Å². The summed E-state index contributed by atoms with van der Waals surface area (Å²) in [5.74, 6) is 0.363. The molecule has 0 amide bonds. The Morgan fingerprint density at radius 3 is 2.89 bits per heavy atom. The Balaban J connectivity index is 2.48. The summed E-state index contributed by atoms with van der Waals surface area (Å²) < 4.78 is 28.1. The van der Waals surface area contributed by atoms with Crippen LogP contribution >= 0.6 is 0 Å². The number of ether oxygens (including phenoxy) is 1. The summed E-state index contributed by atoms with van der Waals surface area (Å²) in [4.78, 5) is 4.20. The predicted molar refractivity (Wildman–Crippen MR) is 68.4 cm³/mol. The molecule has 1 aromatic heterocycles. The number of aliphatic hydroxyl groups excluding tert-OH is 1. The minimum Gasteiger partial charge on any atom is -0.394 e. The van der Waals surface area contributed by atoms with Crippen LogP contribution in [0.1, 0.15) is 6.42 Å². The smallest absolute Gasteiger partial charge is 0.179 e. The van der Waals surface area contributed by atoms with E-state index < -0.39 is 9.84 Å². The number of anilines is 1. The molecule has 6 nitrogen and oxygen atoms in total. The van der Waals surface area contributed by atoms with Crippen molar-refractivity contribution < 1.29 is 18.3 Å². The van der Waals surface area contributed by atoms with Gasteiger partial charge in [0.25, 0.3) is 0 Å². The number of aliphatic hydroxyl groups is 1. The van der Waals surface area contributed by atoms with E-state index >= 15 is 0 Å². The van der Waals surface area contributed by atoms with E-state index in [1.807, 2.05) is 0 Å². The van der Waals surface area contributed by atoms with Crippen molar-refractivity contribution in [3.8, 4) is 0 Å². The van der Waals surface area contributed by atoms with Gasteiger partial charge in [-0.25, -0.2) is 13.4 Å². The first-order chi connectivity index (χ1) is 8.55. The molecule has 0 bridgehead atoms. The number of nitrogens with one attached hydrogen (secondary N) is 1. The quantitative estimate of drug-likeness (QED) is 0.663. The molecule has 0 aromatic carbocycles. The minimum atomic E-state index is -3.27. The molecule has 2 N–H and O–H groups in total. The van der Waals surface area contributed by atoms with Gasteiger partial charge in [0.1, 0.15) is 10.7 Å². The fourth-order valence-corrected chi connectivity index (χ4v) is 2.17. The molecular weight excluding hydrogens is 256 g/mol. The van der Waals surface area contributed by atoms with Crippen molar-refractivity contribution in [3.05, 3.63) is 18.3 Å². The van der Waals surface area contributed by atoms with Gasteiger partial charge < -0.3 is 15.2 Å². The summed E-state index contributed by atoms with van der Waals surface area (Å²) in [6.45, 7) is 1.39. The highest BCUT2D eigenvalue weighted by Crippen LogP contribution is 2.17. The fraction of sp³-hybridized carbons (Fsp3) is 0.545. The Kier molecular flexibility index (Phi) is 6.03. The zero-order valence-corrected chi connectivity index (χ0v) is 11.1. The molecule has 1 rings (SSSR count). The molecule has 0 aliphatic heterocycles. The van der Waals surface area contributed by atoms with Crippen LogP contribution in [-0.4, -0.2) is 51.1 Å². The second-order valence-corrected chi connectivity index (χ2v) is 5.72. The maximum atomic E-state index is 11.5. The molecule has 0 aliphatic carbocycles. The van der Waals surface area contributed by atoms with Crippen LogP contribution in [0.15, 0.2) is 23.2 Å². The largest absolute Gasteiger partial charge is 0.394 e. The Morgan fingerprint density at radius 1 is 1.44 bits per heavy atom. The van der Waals surface area contributed by atoms with Crippen molar-refractivity contribution in [2.24, 2.45) is 0 Å². The number of aromatic nitrogens is 1. The lowest BCUT2D eigenvalue weighted by molar-refractivity contribution is 0.0922. The molecular formula is C11H18N2O4S. The maximum Gasteiger partial charge on any atom is 0.179 e. The standard InChI is InChI=1S/C11H18N2O4S/c1-18(15,16)10-4-2-5-12-11(10)13-6-3-8-17-9-7-14/h2,4-5,14H,3,6-9H2,1H3,(H,12,13). The molecule has 0 spiro atoms. The molecule has 1 heterocycles. The zero-order valence-electron chi connectivity index (χ0n) is 10.3. The second kappa shape index (κ2) is 7.30. The summed E-state index contributed by atoms with van der Waals surface area (Å²) in [6, 6.07) is 3.11. The van der Waals surface area contributed by atoms with Crippen LogP contribution in [0.4, 0.5) is 5.82 Å². The number of hydrogen-bond donors (Lipinski definition) is 2. The minimum absolute atomic E-state index is 0.00585. The predicted octanol–water partition coefficient (Wildman–Crippen LogP) is 0.296. The molecule has 102 valence electrons. The molecule has 0 aliphatic rings. The highest BCUT2D eigenvalue weighted by molar-refractivity contribution is 7.90. The van der Waals surface area contributed by atoms with Gasteiger partial charge in [0.05, 0.1) is 13.2 Å². The van der Waals surface area contributed by atoms with E-state index in [4.69, 9.17) is 9.84 Å². The van der Waals surface area contributed by atoms with Gasteiger partial charge in [-0.2, -0.15) is 0 Å². The first-order valence-electron chi connectivity index (χ1n) is 5.63. The van der Waals surface area contributed by atoms with Crippen LogP contribution in [-0.2, 0) is 14.6 Å². The Morgan fingerprint density at radius 2 is 2.22 bits per heavy atom. The molecule has 0 saturated carbocycles. The fourth-order valence-electron chi connectivity index (χ4n) is 1.37. The number of hydrogen-bond acceptors (Lipinski definition) is 6. The van der Waals surface area contributed by atoms with Crippen LogP contribution in [0, 0.1) is 0 Å². The molecule has 0 fully saturated rings. The molecule has 18 heavy (non-hydrogen) atoms. The Bertz CT molecular complexity index is 462. The molecule has 1 aromatic rings. The van der Waals surface area contributed by atoms with Crippen LogP contribution in [0.5, 0.6) is 0 Å². The number of rotatable bonds is 8. The lowest BCUT2D eigenvalue weighted by Gasteiger charge is -2.09. The van der Waals surface area contributed by atoms with Gasteiger partial charge in [-0.15, -0.1) is 0 Å². The van der Waals surface area contributed by atoms with Crippen LogP contribution in [0.2, 0.25) is 0 Å². The van der Waals surface area contributed by atoms with Gasteiger partial charge in [-0.05, 0) is 18.6 Å². The average Bonchev–Trinajstić information content (AvgIpc) is 2.33. The van der Waals surface area contributed by atoms with Crippen molar-refractivity contribution in [2.45, 2.75) is 11.3 Å². The van der Waals surface area contributed by atoms with Crippen LogP contribution in [0.3, 0.4) is 0 Å². The van der Waals surface area contributed by atoms with Crippen LogP contribution < -0.4 is 5.32 Å². The van der Waals surface area contributed by atoms with Crippen LogP contribution in [0.25, 0.3) is 0 Å². The number of sulfone groups is 1. The molecule has 0 radical (unpaired) electrons. The highest BCUT2D eigenvalue weighted by Gasteiger charge is 2.12. The lowest BCUT2D eigenvalue weighted by Crippen LogP contribution is -2.11. The summed E-state index contributed by atoms with van der Waals surface area (Å²) in [5.41, 5.74) is 0. The van der Waals surface area contributed by atoms with E-state index in [1.54, 1.807) is 12.3 Å². The Hall–Kier alpha value is -1.18. The van der Waals surface area contributed by atoms with E-state index in [0.717, 1.165) is 6.26 Å². The zero-order chi connectivity index (χ0) is 13.4. The summed E-state index contributed by atoms with van der Waals surface area (Å²) in [7, 11) is -3.27. The monoisotopic (exact) mass is 274 g/mol. The highest BCUT2D eigenvalue weighted by atomic mass is 32.2. The molecule has 0 atom stereocenters. The van der Waals surface area contributed by atoms with Gasteiger partial charge in [-0.3, -0.25) is 0 Å². The van der Waals surface area contributed by atoms with Crippen molar-refractivity contribution in [3.63, 3.8) is 0 Å². The summed E-state index contributed by atoms with van der Waals surface area (Å²) in [5, 5.41) is 11.5. The van der Waals surface area contributed by atoms with Gasteiger partial charge >= 0.3 is 0 Å². The van der Waals surface area contributed by atoms with E-state index in [1.165, 1.54) is 6.07 Å². The van der Waals surface area contributed by atoms with Gasteiger partial charge in [-0.1, -0.05) is 0 Å². The van der Waals surface area contributed by atoms with Crippen molar-refractivity contribution in [2.75, 3.05) is 37.9 Å². The Labute approximate surface area is 107 Å². The first kappa shape index (κ1) is 14.9. The summed E-state index contributed by atoms with van der Waals surface area (Å²) in [6.07, 6.45) is 3.40. The van der Waals surface area contributed by atoms with Crippen molar-refractivity contribution in [1.82, 2.24) is 4.98 Å². The third kappa shape index (κ3) is 4.99. The molecule has 0 saturated heterocycles. The molecule has 7 heteroatoms. The molecule has 0 unspecified atom stereocenters. The van der Waals surface area contributed by atoms with Gasteiger partial charge in [0, 0.05) is 25.6 Å². The lowest BCUT2D eigenvalue weighted by atomic mass is 10.4. The normalized spacial score (nSPS) is 11.4. The topological polar surface area (TPSA) is 88.5 Å². The number of nitrogens with zero attached hydrogens (tertiary/aromatic N) is 1. The maximum absolute atomic E-state index is 11.5. The van der Waals surface area contributed by atoms with Gasteiger partial charge in [0.2, 0.25) is 0 Å². The van der Waals surface area contributed by atoms with E-state index in [9.17, 15) is 8.42 Å². The van der Waals surface area contributed by atoms with Gasteiger partial charge in [0.15, 0.2) is 9.84 Å².